The van der Waals surface area contributed by atoms with Crippen LogP contribution in [-0.2, 0) is 0 Å². The van der Waals surface area contributed by atoms with Gasteiger partial charge < -0.3 is 0 Å². The van der Waals surface area contributed by atoms with Crippen LogP contribution in [-0.4, -0.2) is 11.2 Å². The van der Waals surface area contributed by atoms with Crippen LogP contribution in [0.2, 0.25) is 0 Å². The van der Waals surface area contributed by atoms with E-state index in [1.807, 2.05) is 30.3 Å². The number of amides is 1. The Morgan fingerprint density at radius 3 is 2.52 bits per heavy atom. The van der Waals surface area contributed by atoms with Crippen molar-refractivity contribution in [1.29, 1.82) is 0 Å². The minimum atomic E-state index is -0.501. The molecule has 1 fully saturated rings. The Kier molecular flexibility index (Phi) is 6.10. The average molecular weight is 358 g/mol. The van der Waals surface area contributed by atoms with Gasteiger partial charge in [0.25, 0.3) is 5.91 Å². The number of carbonyl (C=O) groups is 1. The van der Waals surface area contributed by atoms with E-state index in [4.69, 9.17) is 0 Å². The van der Waals surface area contributed by atoms with E-state index >= 15 is 0 Å². The first kappa shape index (κ1) is 18.0. The van der Waals surface area contributed by atoms with Crippen LogP contribution in [0.4, 0.5) is 4.39 Å². The molecule has 1 aliphatic rings. The van der Waals surface area contributed by atoms with Crippen LogP contribution in [0, 0.1) is 12.7 Å². The lowest BCUT2D eigenvalue weighted by Crippen LogP contribution is -2.35. The van der Waals surface area contributed by atoms with Gasteiger partial charge in [-0.05, 0) is 42.5 Å². The van der Waals surface area contributed by atoms with Crippen molar-refractivity contribution in [2.75, 3.05) is 0 Å². The van der Waals surface area contributed by atoms with Crippen molar-refractivity contribution < 1.29 is 9.18 Å². The first-order valence-electron chi connectivity index (χ1n) is 8.72. The van der Waals surface area contributed by atoms with Gasteiger partial charge in [-0.25, -0.2) is 4.39 Å². The van der Waals surface area contributed by atoms with E-state index in [1.165, 1.54) is 37.3 Å². The van der Waals surface area contributed by atoms with E-state index < -0.39 is 11.7 Å². The molecule has 0 saturated heterocycles. The molecule has 25 heavy (non-hydrogen) atoms. The summed E-state index contributed by atoms with van der Waals surface area (Å²) in [5, 5.41) is 0.510. The van der Waals surface area contributed by atoms with Gasteiger partial charge in [-0.15, -0.1) is 0 Å². The molecule has 2 aromatic rings. The van der Waals surface area contributed by atoms with E-state index in [9.17, 15) is 9.18 Å². The van der Waals surface area contributed by atoms with Crippen molar-refractivity contribution >= 4 is 17.9 Å². The van der Waals surface area contributed by atoms with Crippen molar-refractivity contribution in [3.05, 3.63) is 59.4 Å². The smallest absolute Gasteiger partial charge is 0.269 e. The Hall–Kier alpha value is -1.85. The largest absolute Gasteiger partial charge is 0.277 e. The van der Waals surface area contributed by atoms with Gasteiger partial charge >= 0.3 is 0 Å². The molecule has 0 spiro atoms. The molecule has 0 aliphatic heterocycles. The van der Waals surface area contributed by atoms with Crippen LogP contribution in [0.3, 0.4) is 0 Å². The summed E-state index contributed by atoms with van der Waals surface area (Å²) >= 11 is 1.53. The second kappa shape index (κ2) is 8.50. The molecule has 1 aliphatic carbocycles. The minimum Gasteiger partial charge on any atom is -0.277 e. The molecule has 3 nitrogen and oxygen atoms in total. The maximum Gasteiger partial charge on any atom is 0.269 e. The number of nitrogens with one attached hydrogen (secondary N) is 2. The van der Waals surface area contributed by atoms with Crippen molar-refractivity contribution in [3.8, 4) is 11.1 Å². The van der Waals surface area contributed by atoms with Crippen LogP contribution in [0.25, 0.3) is 11.1 Å². The maximum atomic E-state index is 14.3. The lowest BCUT2D eigenvalue weighted by molar-refractivity contribution is 0.0942. The molecule has 1 saturated carbocycles. The minimum absolute atomic E-state index is 0.0955. The standard InChI is InChI=1S/C20H23FN2OS/c1-14-17(15-8-4-2-5-9-15)12-13-18(21)19(14)20(24)22-23-25-16-10-6-3-7-11-16/h2,4-5,8-9,12-13,16,23H,3,6-7,10-11H2,1H3,(H,22,24). The number of hydrazine groups is 1. The van der Waals surface area contributed by atoms with Crippen molar-refractivity contribution in [3.63, 3.8) is 0 Å². The van der Waals surface area contributed by atoms with Gasteiger partial charge in [-0.2, -0.15) is 4.83 Å². The van der Waals surface area contributed by atoms with Gasteiger partial charge in [0.2, 0.25) is 0 Å². The molecule has 2 aromatic carbocycles. The second-order valence-electron chi connectivity index (χ2n) is 6.40. The Morgan fingerprint density at radius 2 is 1.80 bits per heavy atom. The highest BCUT2D eigenvalue weighted by molar-refractivity contribution is 7.98. The van der Waals surface area contributed by atoms with E-state index in [0.717, 1.165) is 24.0 Å². The third-order valence-electron chi connectivity index (χ3n) is 4.67. The molecule has 0 radical (unpaired) electrons. The Balaban J connectivity index is 1.71. The van der Waals surface area contributed by atoms with E-state index in [2.05, 4.69) is 10.3 Å². The zero-order valence-electron chi connectivity index (χ0n) is 14.3. The van der Waals surface area contributed by atoms with Crippen molar-refractivity contribution in [2.45, 2.75) is 44.3 Å². The first-order valence-corrected chi connectivity index (χ1v) is 9.60. The van der Waals surface area contributed by atoms with E-state index in [1.54, 1.807) is 13.0 Å². The van der Waals surface area contributed by atoms with Crippen LogP contribution < -0.4 is 10.3 Å². The lowest BCUT2D eigenvalue weighted by atomic mass is 9.96. The highest BCUT2D eigenvalue weighted by Crippen LogP contribution is 2.28. The molecule has 0 atom stereocenters. The fourth-order valence-electron chi connectivity index (χ4n) is 3.29. The van der Waals surface area contributed by atoms with Crippen LogP contribution >= 0.6 is 11.9 Å². The Morgan fingerprint density at radius 1 is 1.08 bits per heavy atom. The van der Waals surface area contributed by atoms with Gasteiger partial charge in [-0.3, -0.25) is 10.2 Å². The third-order valence-corrected chi connectivity index (χ3v) is 5.69. The van der Waals surface area contributed by atoms with Gasteiger partial charge in [-0.1, -0.05) is 67.6 Å². The predicted octanol–water partition coefficient (Wildman–Crippen LogP) is 5.02. The van der Waals surface area contributed by atoms with Gasteiger partial charge in [0.05, 0.1) is 5.56 Å². The zero-order valence-corrected chi connectivity index (χ0v) is 15.2. The maximum absolute atomic E-state index is 14.3. The second-order valence-corrected chi connectivity index (χ2v) is 7.50. The number of rotatable bonds is 5. The number of carbonyl (C=O) groups excluding carboxylic acids is 1. The Labute approximate surface area is 152 Å². The summed E-state index contributed by atoms with van der Waals surface area (Å²) in [6.45, 7) is 1.79. The lowest BCUT2D eigenvalue weighted by Gasteiger charge is -2.21. The molecule has 0 bridgehead atoms. The first-order chi connectivity index (χ1) is 12.2. The monoisotopic (exact) mass is 358 g/mol. The summed E-state index contributed by atoms with van der Waals surface area (Å²) in [6.07, 6.45) is 6.08. The van der Waals surface area contributed by atoms with E-state index in [-0.39, 0.29) is 5.56 Å². The molecule has 5 heteroatoms. The van der Waals surface area contributed by atoms with Gasteiger partial charge in [0, 0.05) is 5.25 Å². The van der Waals surface area contributed by atoms with Crippen LogP contribution in [0.15, 0.2) is 42.5 Å². The fourth-order valence-corrected chi connectivity index (χ4v) is 4.18. The summed E-state index contributed by atoms with van der Waals surface area (Å²) < 4.78 is 14.3. The molecule has 0 aromatic heterocycles. The average Bonchev–Trinajstić information content (AvgIpc) is 2.63. The molecule has 132 valence electrons. The summed E-state index contributed by atoms with van der Waals surface area (Å²) in [6, 6.07) is 12.8. The number of hydrogen-bond donors (Lipinski definition) is 2. The van der Waals surface area contributed by atoms with Crippen LogP contribution in [0.1, 0.15) is 48.0 Å². The third kappa shape index (κ3) is 4.41. The molecular weight excluding hydrogens is 335 g/mol. The summed E-state index contributed by atoms with van der Waals surface area (Å²) in [4.78, 5) is 15.4. The molecular formula is C20H23FN2OS. The predicted molar refractivity (Wildman–Crippen MR) is 102 cm³/mol. The Bertz CT molecular complexity index is 730. The topological polar surface area (TPSA) is 41.1 Å². The van der Waals surface area contributed by atoms with Gasteiger partial charge in [0.1, 0.15) is 5.82 Å². The highest BCUT2D eigenvalue weighted by atomic mass is 32.2. The normalized spacial score (nSPS) is 15.1. The summed E-state index contributed by atoms with van der Waals surface area (Å²) in [7, 11) is 0. The highest BCUT2D eigenvalue weighted by Gasteiger charge is 2.19. The van der Waals surface area contributed by atoms with E-state index in [0.29, 0.717) is 10.8 Å². The molecule has 3 rings (SSSR count). The van der Waals surface area contributed by atoms with Crippen molar-refractivity contribution in [1.82, 2.24) is 10.3 Å². The quantitative estimate of drug-likeness (QED) is 0.583. The molecule has 2 N–H and O–H groups in total. The summed E-state index contributed by atoms with van der Waals surface area (Å²) in [5.41, 5.74) is 5.22. The zero-order chi connectivity index (χ0) is 17.6. The SMILES string of the molecule is Cc1c(-c2ccccc2)ccc(F)c1C(=O)NNSC1CCCCC1. The van der Waals surface area contributed by atoms with Gasteiger partial charge in [0.15, 0.2) is 0 Å². The number of halogens is 1. The fraction of sp³-hybridized carbons (Fsp3) is 0.350. The number of hydrogen-bond acceptors (Lipinski definition) is 3. The number of benzene rings is 2. The molecule has 0 heterocycles. The van der Waals surface area contributed by atoms with Crippen molar-refractivity contribution in [2.24, 2.45) is 0 Å². The molecule has 1 amide bonds. The van der Waals surface area contributed by atoms with Crippen LogP contribution in [0.5, 0.6) is 0 Å². The summed E-state index contributed by atoms with van der Waals surface area (Å²) in [5.74, 6) is -0.935. The molecule has 0 unspecified atom stereocenters.